The highest BCUT2D eigenvalue weighted by Gasteiger charge is 2.30. The van der Waals surface area contributed by atoms with Crippen LogP contribution in [0.25, 0.3) is 0 Å². The van der Waals surface area contributed by atoms with Gasteiger partial charge < -0.3 is 4.74 Å². The lowest BCUT2D eigenvalue weighted by Crippen LogP contribution is -2.43. The third kappa shape index (κ3) is 3.13. The number of carbonyl (C=O) groups excluding carboxylic acids is 1. The molecule has 1 heterocycles. The van der Waals surface area contributed by atoms with E-state index in [1.807, 2.05) is 37.3 Å². The molecule has 1 aliphatic heterocycles. The molecule has 0 amide bonds. The van der Waals surface area contributed by atoms with E-state index in [0.29, 0.717) is 13.2 Å². The molecule has 2 atom stereocenters. The van der Waals surface area contributed by atoms with Gasteiger partial charge in [-0.25, -0.2) is 0 Å². The van der Waals surface area contributed by atoms with Crippen molar-refractivity contribution >= 4 is 18.4 Å². The molecule has 0 aliphatic carbocycles. The van der Waals surface area contributed by atoms with Gasteiger partial charge in [-0.2, -0.15) is 12.6 Å². The zero-order chi connectivity index (χ0) is 13.0. The molecular formula is C14H19NO2S. The van der Waals surface area contributed by atoms with Gasteiger partial charge in [-0.15, -0.1) is 0 Å². The number of ether oxygens (including phenoxy) is 1. The molecule has 1 aliphatic rings. The minimum absolute atomic E-state index is 0.159. The quantitative estimate of drug-likeness (QED) is 0.844. The van der Waals surface area contributed by atoms with Crippen molar-refractivity contribution in [2.75, 3.05) is 26.3 Å². The smallest absolute Gasteiger partial charge is 0.166 e. The summed E-state index contributed by atoms with van der Waals surface area (Å²) in [5, 5.41) is -0.252. The maximum Gasteiger partial charge on any atom is 0.166 e. The fourth-order valence-electron chi connectivity index (χ4n) is 2.25. The molecule has 1 aromatic carbocycles. The van der Waals surface area contributed by atoms with E-state index in [2.05, 4.69) is 17.5 Å². The summed E-state index contributed by atoms with van der Waals surface area (Å²) < 4.78 is 5.35. The summed E-state index contributed by atoms with van der Waals surface area (Å²) in [6.45, 7) is 4.81. The molecule has 1 fully saturated rings. The third-order valence-corrected chi connectivity index (χ3v) is 3.46. The maximum atomic E-state index is 12.4. The van der Waals surface area contributed by atoms with E-state index >= 15 is 0 Å². The first-order valence-electron chi connectivity index (χ1n) is 6.28. The Morgan fingerprint density at radius 3 is 2.44 bits per heavy atom. The molecule has 0 N–H and O–H groups in total. The second kappa shape index (κ2) is 6.36. The van der Waals surface area contributed by atoms with Crippen LogP contribution >= 0.6 is 12.6 Å². The molecule has 0 bridgehead atoms. The Labute approximate surface area is 114 Å². The SMILES string of the molecule is CC(S)C(=O)C(c1ccccc1)N1CCOCC1. The summed E-state index contributed by atoms with van der Waals surface area (Å²) in [6.07, 6.45) is 0. The maximum absolute atomic E-state index is 12.4. The number of ketones is 1. The Bertz CT molecular complexity index is 388. The summed E-state index contributed by atoms with van der Waals surface area (Å²) >= 11 is 4.29. The predicted molar refractivity (Wildman–Crippen MR) is 75.0 cm³/mol. The minimum Gasteiger partial charge on any atom is -0.379 e. The third-order valence-electron chi connectivity index (χ3n) is 3.21. The standard InChI is InChI=1S/C14H19NO2S/c1-11(18)14(16)13(12-5-3-2-4-6-12)15-7-9-17-10-8-15/h2-6,11,13,18H,7-10H2,1H3. The van der Waals surface area contributed by atoms with E-state index in [9.17, 15) is 4.79 Å². The highest BCUT2D eigenvalue weighted by atomic mass is 32.1. The average Bonchev–Trinajstić information content (AvgIpc) is 2.41. The van der Waals surface area contributed by atoms with Crippen LogP contribution in [0.1, 0.15) is 18.5 Å². The number of hydrogen-bond donors (Lipinski definition) is 1. The van der Waals surface area contributed by atoms with Crippen molar-refractivity contribution in [3.8, 4) is 0 Å². The van der Waals surface area contributed by atoms with E-state index in [1.54, 1.807) is 0 Å². The first-order valence-corrected chi connectivity index (χ1v) is 6.80. The van der Waals surface area contributed by atoms with Gasteiger partial charge in [-0.3, -0.25) is 9.69 Å². The van der Waals surface area contributed by atoms with Crippen LogP contribution in [0.15, 0.2) is 30.3 Å². The first kappa shape index (κ1) is 13.6. The topological polar surface area (TPSA) is 29.5 Å². The second-order valence-corrected chi connectivity index (χ2v) is 5.31. The van der Waals surface area contributed by atoms with Gasteiger partial charge in [0.25, 0.3) is 0 Å². The zero-order valence-corrected chi connectivity index (χ0v) is 11.5. The van der Waals surface area contributed by atoms with Gasteiger partial charge in [0, 0.05) is 13.1 Å². The van der Waals surface area contributed by atoms with Crippen molar-refractivity contribution in [3.05, 3.63) is 35.9 Å². The van der Waals surface area contributed by atoms with E-state index in [0.717, 1.165) is 18.7 Å². The fourth-order valence-corrected chi connectivity index (χ4v) is 2.40. The number of Topliss-reactive ketones (excluding diaryl/α,β-unsaturated/α-hetero) is 1. The van der Waals surface area contributed by atoms with E-state index < -0.39 is 0 Å². The molecule has 3 nitrogen and oxygen atoms in total. The molecule has 1 aromatic rings. The van der Waals surface area contributed by atoms with Crippen LogP contribution in [-0.4, -0.2) is 42.2 Å². The largest absolute Gasteiger partial charge is 0.379 e. The summed E-state index contributed by atoms with van der Waals surface area (Å²) in [6, 6.07) is 9.73. The Hall–Kier alpha value is -0.840. The van der Waals surface area contributed by atoms with Crippen LogP contribution in [0.3, 0.4) is 0 Å². The summed E-state index contributed by atoms with van der Waals surface area (Å²) in [7, 11) is 0. The number of benzene rings is 1. The Kier molecular flexibility index (Phi) is 4.80. The van der Waals surface area contributed by atoms with Gasteiger partial charge in [0.05, 0.1) is 24.5 Å². The Balaban J connectivity index is 2.25. The number of hydrogen-bond acceptors (Lipinski definition) is 4. The van der Waals surface area contributed by atoms with Gasteiger partial charge >= 0.3 is 0 Å². The molecule has 0 saturated carbocycles. The molecular weight excluding hydrogens is 246 g/mol. The van der Waals surface area contributed by atoms with Crippen molar-refractivity contribution < 1.29 is 9.53 Å². The minimum atomic E-state index is -0.252. The first-order chi connectivity index (χ1) is 8.70. The lowest BCUT2D eigenvalue weighted by atomic mass is 9.99. The van der Waals surface area contributed by atoms with Crippen molar-refractivity contribution in [2.24, 2.45) is 0 Å². The van der Waals surface area contributed by atoms with E-state index in [-0.39, 0.29) is 17.1 Å². The van der Waals surface area contributed by atoms with Gasteiger partial charge in [0.2, 0.25) is 0 Å². The van der Waals surface area contributed by atoms with Crippen molar-refractivity contribution in [1.82, 2.24) is 4.90 Å². The number of nitrogens with zero attached hydrogens (tertiary/aromatic N) is 1. The van der Waals surface area contributed by atoms with Crippen molar-refractivity contribution in [1.29, 1.82) is 0 Å². The van der Waals surface area contributed by atoms with Crippen LogP contribution in [0.4, 0.5) is 0 Å². The van der Waals surface area contributed by atoms with Crippen LogP contribution < -0.4 is 0 Å². The molecule has 0 spiro atoms. The molecule has 98 valence electrons. The number of carbonyl (C=O) groups is 1. The molecule has 18 heavy (non-hydrogen) atoms. The molecule has 4 heteroatoms. The monoisotopic (exact) mass is 265 g/mol. The van der Waals surface area contributed by atoms with E-state index in [4.69, 9.17) is 4.74 Å². The van der Waals surface area contributed by atoms with Gasteiger partial charge in [0.1, 0.15) is 0 Å². The highest BCUT2D eigenvalue weighted by Crippen LogP contribution is 2.25. The highest BCUT2D eigenvalue weighted by molar-refractivity contribution is 7.81. The number of morpholine rings is 1. The van der Waals surface area contributed by atoms with E-state index in [1.165, 1.54) is 0 Å². The number of thiol groups is 1. The van der Waals surface area contributed by atoms with Gasteiger partial charge in [-0.1, -0.05) is 30.3 Å². The van der Waals surface area contributed by atoms with Gasteiger partial charge in [-0.05, 0) is 12.5 Å². The second-order valence-electron chi connectivity index (χ2n) is 4.54. The van der Waals surface area contributed by atoms with Crippen LogP contribution in [0.5, 0.6) is 0 Å². The van der Waals surface area contributed by atoms with Crippen molar-refractivity contribution in [2.45, 2.75) is 18.2 Å². The normalized spacial score (nSPS) is 20.3. The lowest BCUT2D eigenvalue weighted by Gasteiger charge is -2.34. The molecule has 2 unspecified atom stereocenters. The van der Waals surface area contributed by atoms with Crippen LogP contribution in [0.2, 0.25) is 0 Å². The zero-order valence-electron chi connectivity index (χ0n) is 10.6. The predicted octanol–water partition coefficient (Wildman–Crippen LogP) is 1.95. The molecule has 0 aromatic heterocycles. The van der Waals surface area contributed by atoms with Crippen molar-refractivity contribution in [3.63, 3.8) is 0 Å². The summed E-state index contributed by atoms with van der Waals surface area (Å²) in [5.74, 6) is 0.159. The lowest BCUT2D eigenvalue weighted by molar-refractivity contribution is -0.125. The summed E-state index contributed by atoms with van der Waals surface area (Å²) in [5.41, 5.74) is 1.05. The summed E-state index contributed by atoms with van der Waals surface area (Å²) in [4.78, 5) is 14.6. The Morgan fingerprint density at radius 2 is 1.89 bits per heavy atom. The molecule has 2 rings (SSSR count). The number of rotatable bonds is 4. The Morgan fingerprint density at radius 1 is 1.28 bits per heavy atom. The van der Waals surface area contributed by atoms with Crippen LogP contribution in [-0.2, 0) is 9.53 Å². The molecule has 1 saturated heterocycles. The molecule has 0 radical (unpaired) electrons. The van der Waals surface area contributed by atoms with Crippen LogP contribution in [0, 0.1) is 0 Å². The fraction of sp³-hybridized carbons (Fsp3) is 0.500. The average molecular weight is 265 g/mol. The van der Waals surface area contributed by atoms with Gasteiger partial charge in [0.15, 0.2) is 5.78 Å².